The first-order valence-electron chi connectivity index (χ1n) is 8.95. The first-order valence-corrected chi connectivity index (χ1v) is 9.32. The average Bonchev–Trinajstić information content (AvgIpc) is 2.64. The Morgan fingerprint density at radius 1 is 1.15 bits per heavy atom. The maximum Gasteiger partial charge on any atom is 0.265 e. The van der Waals surface area contributed by atoms with Crippen LogP contribution < -0.4 is 15.4 Å². The van der Waals surface area contributed by atoms with Crippen molar-refractivity contribution in [2.24, 2.45) is 0 Å². The maximum atomic E-state index is 12.5. The van der Waals surface area contributed by atoms with Crippen molar-refractivity contribution in [1.29, 1.82) is 0 Å². The summed E-state index contributed by atoms with van der Waals surface area (Å²) in [6.45, 7) is 7.99. The minimum absolute atomic E-state index is 0.217. The molecule has 1 atom stereocenters. The van der Waals surface area contributed by atoms with Crippen molar-refractivity contribution >= 4 is 29.1 Å². The number of para-hydroxylation sites is 1. The Hall–Kier alpha value is -2.53. The Labute approximate surface area is 165 Å². The molecule has 6 heteroatoms. The summed E-state index contributed by atoms with van der Waals surface area (Å²) in [5.74, 6) is 0.0206. The minimum Gasteiger partial charge on any atom is -0.481 e. The number of halogens is 1. The SMILES string of the molecule is CCCNC(=O)c1ccccc1NC(=O)[C@@H](C)Oc1cc(C)c(Cl)c(C)c1. The maximum absolute atomic E-state index is 12.5. The van der Waals surface area contributed by atoms with Crippen LogP contribution in [0, 0.1) is 13.8 Å². The highest BCUT2D eigenvalue weighted by Crippen LogP contribution is 2.26. The molecule has 0 spiro atoms. The summed E-state index contributed by atoms with van der Waals surface area (Å²) in [5.41, 5.74) is 2.65. The fourth-order valence-electron chi connectivity index (χ4n) is 2.59. The molecule has 0 fully saturated rings. The lowest BCUT2D eigenvalue weighted by Gasteiger charge is -2.17. The first-order chi connectivity index (χ1) is 12.8. The molecule has 0 bridgehead atoms. The van der Waals surface area contributed by atoms with Crippen LogP contribution in [0.1, 0.15) is 41.8 Å². The Balaban J connectivity index is 2.10. The summed E-state index contributed by atoms with van der Waals surface area (Å²) < 4.78 is 5.76. The van der Waals surface area contributed by atoms with Crippen molar-refractivity contribution in [3.8, 4) is 5.75 Å². The van der Waals surface area contributed by atoms with Gasteiger partial charge in [0.2, 0.25) is 0 Å². The molecular weight excluding hydrogens is 364 g/mol. The molecule has 0 saturated heterocycles. The zero-order valence-corrected chi connectivity index (χ0v) is 16.8. The van der Waals surface area contributed by atoms with E-state index in [1.54, 1.807) is 43.3 Å². The van der Waals surface area contributed by atoms with E-state index in [1.165, 1.54) is 0 Å². The predicted octanol–water partition coefficient (Wildman–Crippen LogP) is 4.50. The second kappa shape index (κ2) is 9.42. The summed E-state index contributed by atoms with van der Waals surface area (Å²) in [6, 6.07) is 10.5. The number of rotatable bonds is 7. The van der Waals surface area contributed by atoms with E-state index in [0.29, 0.717) is 28.6 Å². The van der Waals surface area contributed by atoms with Gasteiger partial charge in [0.05, 0.1) is 11.3 Å². The molecule has 27 heavy (non-hydrogen) atoms. The van der Waals surface area contributed by atoms with Crippen LogP contribution in [0.25, 0.3) is 0 Å². The number of hydrogen-bond donors (Lipinski definition) is 2. The van der Waals surface area contributed by atoms with E-state index in [2.05, 4.69) is 10.6 Å². The van der Waals surface area contributed by atoms with E-state index < -0.39 is 6.10 Å². The standard InChI is InChI=1S/C21H25ClN2O3/c1-5-10-23-21(26)17-8-6-7-9-18(17)24-20(25)15(4)27-16-11-13(2)19(22)14(3)12-16/h6-9,11-12,15H,5,10H2,1-4H3,(H,23,26)(H,24,25)/t15-/m1/s1. The Bertz CT molecular complexity index is 813. The van der Waals surface area contributed by atoms with Crippen molar-refractivity contribution in [3.05, 3.63) is 58.1 Å². The van der Waals surface area contributed by atoms with Crippen LogP contribution in [-0.2, 0) is 4.79 Å². The summed E-state index contributed by atoms with van der Waals surface area (Å²) in [7, 11) is 0. The molecule has 0 aromatic heterocycles. The summed E-state index contributed by atoms with van der Waals surface area (Å²) in [6.07, 6.45) is 0.0992. The molecular formula is C21H25ClN2O3. The molecule has 0 heterocycles. The number of carbonyl (C=O) groups is 2. The van der Waals surface area contributed by atoms with Gasteiger partial charge in [-0.2, -0.15) is 0 Å². The van der Waals surface area contributed by atoms with Gasteiger partial charge in [-0.3, -0.25) is 9.59 Å². The molecule has 2 rings (SSSR count). The van der Waals surface area contributed by atoms with Gasteiger partial charge in [0.15, 0.2) is 6.10 Å². The topological polar surface area (TPSA) is 67.4 Å². The quantitative estimate of drug-likeness (QED) is 0.733. The fourth-order valence-corrected chi connectivity index (χ4v) is 2.70. The van der Waals surface area contributed by atoms with Crippen LogP contribution in [0.2, 0.25) is 5.02 Å². The van der Waals surface area contributed by atoms with Crippen molar-refractivity contribution in [1.82, 2.24) is 5.32 Å². The van der Waals surface area contributed by atoms with Crippen LogP contribution in [0.15, 0.2) is 36.4 Å². The van der Waals surface area contributed by atoms with E-state index >= 15 is 0 Å². The van der Waals surface area contributed by atoms with Gasteiger partial charge in [-0.05, 0) is 62.6 Å². The third-order valence-electron chi connectivity index (χ3n) is 4.06. The van der Waals surface area contributed by atoms with Crippen molar-refractivity contribution in [2.75, 3.05) is 11.9 Å². The highest BCUT2D eigenvalue weighted by Gasteiger charge is 2.19. The fraction of sp³-hybridized carbons (Fsp3) is 0.333. The highest BCUT2D eigenvalue weighted by atomic mass is 35.5. The van der Waals surface area contributed by atoms with Crippen LogP contribution in [0.4, 0.5) is 5.69 Å². The van der Waals surface area contributed by atoms with Gasteiger partial charge in [-0.25, -0.2) is 0 Å². The zero-order chi connectivity index (χ0) is 20.0. The molecule has 5 nitrogen and oxygen atoms in total. The number of anilines is 1. The second-order valence-electron chi connectivity index (χ2n) is 6.42. The molecule has 2 N–H and O–H groups in total. The largest absolute Gasteiger partial charge is 0.481 e. The third kappa shape index (κ3) is 5.47. The molecule has 2 aromatic carbocycles. The lowest BCUT2D eigenvalue weighted by Crippen LogP contribution is -2.32. The molecule has 2 aromatic rings. The predicted molar refractivity (Wildman–Crippen MR) is 109 cm³/mol. The van der Waals surface area contributed by atoms with Gasteiger partial charge in [0, 0.05) is 11.6 Å². The second-order valence-corrected chi connectivity index (χ2v) is 6.80. The lowest BCUT2D eigenvalue weighted by atomic mass is 10.1. The van der Waals surface area contributed by atoms with Gasteiger partial charge in [0.1, 0.15) is 5.75 Å². The van der Waals surface area contributed by atoms with Crippen LogP contribution >= 0.6 is 11.6 Å². The van der Waals surface area contributed by atoms with Crippen LogP contribution in [0.3, 0.4) is 0 Å². The number of aryl methyl sites for hydroxylation is 2. The normalized spacial score (nSPS) is 11.6. The first kappa shape index (κ1) is 20.8. The van der Waals surface area contributed by atoms with Gasteiger partial charge in [-0.15, -0.1) is 0 Å². The van der Waals surface area contributed by atoms with E-state index in [1.807, 2.05) is 20.8 Å². The van der Waals surface area contributed by atoms with Crippen molar-refractivity contribution in [3.63, 3.8) is 0 Å². The molecule has 2 amide bonds. The number of ether oxygens (including phenoxy) is 1. The number of carbonyl (C=O) groups excluding carboxylic acids is 2. The Kier molecular flexibility index (Phi) is 7.25. The molecule has 0 aliphatic rings. The van der Waals surface area contributed by atoms with E-state index in [4.69, 9.17) is 16.3 Å². The summed E-state index contributed by atoms with van der Waals surface area (Å²) in [4.78, 5) is 24.8. The smallest absolute Gasteiger partial charge is 0.265 e. The lowest BCUT2D eigenvalue weighted by molar-refractivity contribution is -0.122. The highest BCUT2D eigenvalue weighted by molar-refractivity contribution is 6.32. The Morgan fingerprint density at radius 3 is 2.41 bits per heavy atom. The van der Waals surface area contributed by atoms with Gasteiger partial charge < -0.3 is 15.4 Å². The van der Waals surface area contributed by atoms with E-state index in [-0.39, 0.29) is 11.8 Å². The van der Waals surface area contributed by atoms with Crippen LogP contribution in [-0.4, -0.2) is 24.5 Å². The molecule has 0 aliphatic heterocycles. The Morgan fingerprint density at radius 2 is 1.78 bits per heavy atom. The van der Waals surface area contributed by atoms with E-state index in [9.17, 15) is 9.59 Å². The van der Waals surface area contributed by atoms with Crippen molar-refractivity contribution in [2.45, 2.75) is 40.2 Å². The molecule has 0 aliphatic carbocycles. The number of nitrogens with one attached hydrogen (secondary N) is 2. The van der Waals surface area contributed by atoms with E-state index in [0.717, 1.165) is 17.5 Å². The number of benzene rings is 2. The van der Waals surface area contributed by atoms with Gasteiger partial charge >= 0.3 is 0 Å². The average molecular weight is 389 g/mol. The minimum atomic E-state index is -0.739. The number of amides is 2. The van der Waals surface area contributed by atoms with Gasteiger partial charge in [0.25, 0.3) is 11.8 Å². The summed E-state index contributed by atoms with van der Waals surface area (Å²) in [5, 5.41) is 6.28. The molecule has 0 saturated carbocycles. The summed E-state index contributed by atoms with van der Waals surface area (Å²) >= 11 is 6.17. The monoisotopic (exact) mass is 388 g/mol. The molecule has 0 unspecified atom stereocenters. The van der Waals surface area contributed by atoms with Gasteiger partial charge in [-0.1, -0.05) is 30.7 Å². The molecule has 0 radical (unpaired) electrons. The molecule has 144 valence electrons. The van der Waals surface area contributed by atoms with Crippen LogP contribution in [0.5, 0.6) is 5.75 Å². The van der Waals surface area contributed by atoms with Crippen molar-refractivity contribution < 1.29 is 14.3 Å². The third-order valence-corrected chi connectivity index (χ3v) is 4.65. The number of hydrogen-bond acceptors (Lipinski definition) is 3. The zero-order valence-electron chi connectivity index (χ0n) is 16.1.